The van der Waals surface area contributed by atoms with Crippen LogP contribution in [-0.4, -0.2) is 24.4 Å². The molecule has 0 bridgehead atoms. The van der Waals surface area contributed by atoms with Crippen molar-refractivity contribution in [2.24, 2.45) is 0 Å². The van der Waals surface area contributed by atoms with Gasteiger partial charge in [0.1, 0.15) is 11.5 Å². The quantitative estimate of drug-likeness (QED) is 0.878. The molecule has 4 nitrogen and oxygen atoms in total. The third kappa shape index (κ3) is 2.76. The van der Waals surface area contributed by atoms with Crippen molar-refractivity contribution in [3.63, 3.8) is 0 Å². The molecule has 2 aromatic rings. The summed E-state index contributed by atoms with van der Waals surface area (Å²) in [6, 6.07) is 11.0. The van der Waals surface area contributed by atoms with Gasteiger partial charge in [-0.3, -0.25) is 0 Å². The van der Waals surface area contributed by atoms with E-state index in [0.717, 1.165) is 22.3 Å². The highest BCUT2D eigenvalue weighted by molar-refractivity contribution is 5.72. The Balaban J connectivity index is 2.55. The Labute approximate surface area is 118 Å². The topological polar surface area (TPSA) is 58.9 Å². The van der Waals surface area contributed by atoms with Crippen molar-refractivity contribution in [3.8, 4) is 22.6 Å². The standard InChI is InChI=1S/C16H18O4/c1-19-13-3-5-15(11(7-13)9-17)16-6-4-14(20-2)8-12(16)10-18/h3-8,17-18H,9-10H2,1-2H3. The van der Waals surface area contributed by atoms with E-state index in [4.69, 9.17) is 9.47 Å². The summed E-state index contributed by atoms with van der Waals surface area (Å²) in [6.07, 6.45) is 0. The van der Waals surface area contributed by atoms with E-state index in [-0.39, 0.29) is 13.2 Å². The molecule has 0 saturated heterocycles. The number of ether oxygens (including phenoxy) is 2. The van der Waals surface area contributed by atoms with E-state index in [9.17, 15) is 10.2 Å². The molecule has 0 amide bonds. The zero-order valence-corrected chi connectivity index (χ0v) is 11.6. The van der Waals surface area contributed by atoms with Gasteiger partial charge in [-0.2, -0.15) is 0 Å². The third-order valence-electron chi connectivity index (χ3n) is 3.26. The van der Waals surface area contributed by atoms with Crippen LogP contribution in [0.15, 0.2) is 36.4 Å². The number of aliphatic hydroxyl groups excluding tert-OH is 2. The molecule has 0 aliphatic carbocycles. The van der Waals surface area contributed by atoms with E-state index in [1.165, 1.54) is 0 Å². The SMILES string of the molecule is COc1ccc(-c2ccc(OC)cc2CO)c(CO)c1. The van der Waals surface area contributed by atoms with Crippen LogP contribution in [0.25, 0.3) is 11.1 Å². The summed E-state index contributed by atoms with van der Waals surface area (Å²) < 4.78 is 10.3. The first-order valence-electron chi connectivity index (χ1n) is 6.29. The van der Waals surface area contributed by atoms with Crippen LogP contribution in [0.3, 0.4) is 0 Å². The van der Waals surface area contributed by atoms with E-state index in [1.807, 2.05) is 24.3 Å². The maximum atomic E-state index is 9.52. The van der Waals surface area contributed by atoms with E-state index in [2.05, 4.69) is 0 Å². The van der Waals surface area contributed by atoms with Crippen molar-refractivity contribution in [1.82, 2.24) is 0 Å². The minimum atomic E-state index is -0.0938. The maximum Gasteiger partial charge on any atom is 0.119 e. The largest absolute Gasteiger partial charge is 0.497 e. The molecule has 0 unspecified atom stereocenters. The van der Waals surface area contributed by atoms with Gasteiger partial charge < -0.3 is 19.7 Å². The molecule has 2 rings (SSSR count). The summed E-state index contributed by atoms with van der Waals surface area (Å²) in [5, 5.41) is 19.0. The van der Waals surface area contributed by atoms with Crippen LogP contribution in [0, 0.1) is 0 Å². The Morgan fingerprint density at radius 2 is 1.15 bits per heavy atom. The number of methoxy groups -OCH3 is 2. The first-order chi connectivity index (χ1) is 9.73. The van der Waals surface area contributed by atoms with Gasteiger partial charge in [-0.05, 0) is 46.5 Å². The van der Waals surface area contributed by atoms with Crippen LogP contribution in [0.5, 0.6) is 11.5 Å². The van der Waals surface area contributed by atoms with Crippen LogP contribution in [0.1, 0.15) is 11.1 Å². The normalized spacial score (nSPS) is 10.4. The van der Waals surface area contributed by atoms with Crippen LogP contribution < -0.4 is 9.47 Å². The fraction of sp³-hybridized carbons (Fsp3) is 0.250. The monoisotopic (exact) mass is 274 g/mol. The molecule has 0 aliphatic rings. The van der Waals surface area contributed by atoms with Crippen molar-refractivity contribution in [2.75, 3.05) is 14.2 Å². The predicted molar refractivity (Wildman–Crippen MR) is 76.8 cm³/mol. The Kier molecular flexibility index (Phi) is 4.61. The molecule has 20 heavy (non-hydrogen) atoms. The highest BCUT2D eigenvalue weighted by atomic mass is 16.5. The molecule has 4 heteroatoms. The summed E-state index contributed by atoms with van der Waals surface area (Å²) >= 11 is 0. The minimum absolute atomic E-state index is 0.0938. The van der Waals surface area contributed by atoms with Gasteiger partial charge >= 0.3 is 0 Å². The molecule has 0 fully saturated rings. The van der Waals surface area contributed by atoms with Crippen molar-refractivity contribution in [1.29, 1.82) is 0 Å². The fourth-order valence-electron chi connectivity index (χ4n) is 2.18. The molecule has 0 spiro atoms. The Morgan fingerprint density at radius 3 is 1.45 bits per heavy atom. The third-order valence-corrected chi connectivity index (χ3v) is 3.26. The average Bonchev–Trinajstić information content (AvgIpc) is 2.53. The second kappa shape index (κ2) is 6.41. The van der Waals surface area contributed by atoms with E-state index in [1.54, 1.807) is 26.4 Å². The first kappa shape index (κ1) is 14.4. The lowest BCUT2D eigenvalue weighted by atomic mass is 9.95. The molecule has 0 aromatic heterocycles. The van der Waals surface area contributed by atoms with E-state index < -0.39 is 0 Å². The van der Waals surface area contributed by atoms with Gasteiger partial charge in [0.15, 0.2) is 0 Å². The van der Waals surface area contributed by atoms with Gasteiger partial charge in [0, 0.05) is 0 Å². The molecular weight excluding hydrogens is 256 g/mol. The maximum absolute atomic E-state index is 9.52. The lowest BCUT2D eigenvalue weighted by molar-refractivity contribution is 0.279. The Bertz CT molecular complexity index is 540. The number of aliphatic hydroxyl groups is 2. The Morgan fingerprint density at radius 1 is 0.750 bits per heavy atom. The van der Waals surface area contributed by atoms with Crippen molar-refractivity contribution < 1.29 is 19.7 Å². The van der Waals surface area contributed by atoms with Crippen LogP contribution >= 0.6 is 0 Å². The Hall–Kier alpha value is -2.04. The summed E-state index contributed by atoms with van der Waals surface area (Å²) in [5.41, 5.74) is 3.26. The second-order valence-electron chi connectivity index (χ2n) is 4.36. The van der Waals surface area contributed by atoms with Crippen molar-refractivity contribution in [2.45, 2.75) is 13.2 Å². The van der Waals surface area contributed by atoms with E-state index in [0.29, 0.717) is 11.5 Å². The molecule has 106 valence electrons. The fourth-order valence-corrected chi connectivity index (χ4v) is 2.18. The summed E-state index contributed by atoms with van der Waals surface area (Å²) in [6.45, 7) is -0.188. The summed E-state index contributed by atoms with van der Waals surface area (Å²) in [4.78, 5) is 0. The molecule has 0 radical (unpaired) electrons. The van der Waals surface area contributed by atoms with Gasteiger partial charge in [0.05, 0.1) is 27.4 Å². The van der Waals surface area contributed by atoms with Gasteiger partial charge in [0.25, 0.3) is 0 Å². The number of hydrogen-bond acceptors (Lipinski definition) is 4. The van der Waals surface area contributed by atoms with Crippen LogP contribution in [0.4, 0.5) is 0 Å². The van der Waals surface area contributed by atoms with Crippen LogP contribution in [-0.2, 0) is 13.2 Å². The van der Waals surface area contributed by atoms with Crippen molar-refractivity contribution >= 4 is 0 Å². The zero-order valence-electron chi connectivity index (χ0n) is 11.6. The molecular formula is C16H18O4. The van der Waals surface area contributed by atoms with Gasteiger partial charge in [-0.1, -0.05) is 12.1 Å². The lowest BCUT2D eigenvalue weighted by Gasteiger charge is -2.14. The van der Waals surface area contributed by atoms with Gasteiger partial charge in [0.2, 0.25) is 0 Å². The van der Waals surface area contributed by atoms with E-state index >= 15 is 0 Å². The molecule has 0 aliphatic heterocycles. The highest BCUT2D eigenvalue weighted by Crippen LogP contribution is 2.32. The lowest BCUT2D eigenvalue weighted by Crippen LogP contribution is -1.96. The predicted octanol–water partition coefficient (Wildman–Crippen LogP) is 2.36. The first-order valence-corrected chi connectivity index (χ1v) is 6.29. The van der Waals surface area contributed by atoms with Crippen molar-refractivity contribution in [3.05, 3.63) is 47.5 Å². The van der Waals surface area contributed by atoms with Crippen LogP contribution in [0.2, 0.25) is 0 Å². The average molecular weight is 274 g/mol. The minimum Gasteiger partial charge on any atom is -0.497 e. The van der Waals surface area contributed by atoms with Gasteiger partial charge in [-0.15, -0.1) is 0 Å². The number of hydrogen-bond donors (Lipinski definition) is 2. The number of rotatable bonds is 5. The number of benzene rings is 2. The summed E-state index contributed by atoms with van der Waals surface area (Å²) in [7, 11) is 3.17. The second-order valence-corrected chi connectivity index (χ2v) is 4.36. The highest BCUT2D eigenvalue weighted by Gasteiger charge is 2.11. The molecule has 0 atom stereocenters. The summed E-state index contributed by atoms with van der Waals surface area (Å²) in [5.74, 6) is 1.38. The molecule has 0 heterocycles. The molecule has 2 aromatic carbocycles. The molecule has 2 N–H and O–H groups in total. The zero-order chi connectivity index (χ0) is 14.5. The molecule has 0 saturated carbocycles. The smallest absolute Gasteiger partial charge is 0.119 e. The van der Waals surface area contributed by atoms with Gasteiger partial charge in [-0.25, -0.2) is 0 Å².